The Balaban J connectivity index is 1.09. The number of hydrogen-bond acceptors (Lipinski definition) is 16. The molecule has 26 nitrogen and oxygen atoms in total. The molecule has 4 aliphatic heterocycles. The summed E-state index contributed by atoms with van der Waals surface area (Å²) in [6.07, 6.45) is -1.56. The Kier molecular flexibility index (Phi) is 20.4. The molecule has 2 aromatic heterocycles. The predicted octanol–water partition coefficient (Wildman–Crippen LogP) is 8.53. The van der Waals surface area contributed by atoms with Gasteiger partial charge in [-0.15, -0.1) is 0 Å². The van der Waals surface area contributed by atoms with Gasteiger partial charge in [0.1, 0.15) is 60.3 Å². The Morgan fingerprint density at radius 1 is 0.576 bits per heavy atom. The van der Waals surface area contributed by atoms with Crippen molar-refractivity contribution in [2.24, 2.45) is 0 Å². The number of aromatic nitrogens is 4. The molecule has 6 N–H and O–H groups in total. The molecule has 0 radical (unpaired) electrons. The number of likely N-dealkylation sites (tertiary alicyclic amines) is 2. The van der Waals surface area contributed by atoms with Crippen molar-refractivity contribution in [2.75, 3.05) is 64.4 Å². The number of imidazole rings is 2. The molecule has 4 fully saturated rings. The molecule has 10 rings (SSSR count). The molecule has 4 aliphatic rings. The van der Waals surface area contributed by atoms with Gasteiger partial charge in [-0.2, -0.15) is 0 Å². The number of carbonyl (C=O) groups is 4. The van der Waals surface area contributed by atoms with E-state index in [0.717, 1.165) is 44.0 Å². The van der Waals surface area contributed by atoms with Crippen molar-refractivity contribution < 1.29 is 97.8 Å². The van der Waals surface area contributed by atoms with Crippen LogP contribution in [0, 0.1) is 29.1 Å². The second kappa shape index (κ2) is 27.7. The minimum Gasteiger partial charge on any atom is -0.453 e. The Morgan fingerprint density at radius 2 is 1.02 bits per heavy atom. The molecule has 0 spiro atoms. The second-order valence-corrected chi connectivity index (χ2v) is 25.6. The average molecular weight is 1330 g/mol. The van der Waals surface area contributed by atoms with Gasteiger partial charge in [-0.05, 0) is 113 Å². The summed E-state index contributed by atoms with van der Waals surface area (Å²) < 4.78 is 141. The van der Waals surface area contributed by atoms with Crippen LogP contribution in [0.3, 0.4) is 0 Å². The van der Waals surface area contributed by atoms with Crippen molar-refractivity contribution in [3.05, 3.63) is 118 Å². The highest BCUT2D eigenvalue weighted by molar-refractivity contribution is 7.46. The molecule has 0 aliphatic carbocycles. The highest BCUT2D eigenvalue weighted by Crippen LogP contribution is 2.51. The number of rotatable bonds is 21. The molecule has 6 heterocycles. The highest BCUT2D eigenvalue weighted by atomic mass is 31.2. The van der Waals surface area contributed by atoms with Crippen LogP contribution in [0.1, 0.15) is 124 Å². The monoisotopic (exact) mass is 1330 g/mol. The zero-order valence-electron chi connectivity index (χ0n) is 50.9. The van der Waals surface area contributed by atoms with Gasteiger partial charge < -0.3 is 77.9 Å². The fraction of sp³-hybridized carbons (Fsp3) is 0.492. The van der Waals surface area contributed by atoms with Crippen LogP contribution in [0.5, 0.6) is 0 Å². The fourth-order valence-electron chi connectivity index (χ4n) is 13.2. The lowest BCUT2D eigenvalue weighted by molar-refractivity contribution is -0.138. The number of nitrogens with one attached hydrogen (secondary N) is 2. The van der Waals surface area contributed by atoms with E-state index in [1.165, 1.54) is 62.3 Å². The quantitative estimate of drug-likeness (QED) is 0.0290. The van der Waals surface area contributed by atoms with Crippen molar-refractivity contribution in [1.82, 2.24) is 39.5 Å². The van der Waals surface area contributed by atoms with E-state index in [1.807, 2.05) is 0 Å². The Hall–Kier alpha value is -7.31. The molecule has 0 unspecified atom stereocenters. The average Bonchev–Trinajstić information content (AvgIpc) is 1.63. The number of fused-ring (bicyclic) bond motifs is 2. The van der Waals surface area contributed by atoms with Crippen LogP contribution < -0.4 is 20.4 Å². The maximum Gasteiger partial charge on any atom is 0.471 e. The standard InChI is InChI=1S/C59H71F5N10O16P2/c1-31(85-3)51(67-58(77)87-5)56(75)70-19-7-9-47(70)54-65-43-25-37(40(62)28-50(43)73(54)30-90-92(82,83)84)45-15-16-46(74(45)36-23-41(63)53(42(64)24-36)69-21-17-34(18-22-69)33-11-13-35(60)14-12-33)38-26-49-44(27-39(38)61)66-55(72(49)29-89-91(79,80)81)48-10-8-20-71(48)57(76)52(32(2)86-4)68-59(78)88-6/h11-14,23-28,31-32,34,45-48,51-52H,7-10,15-22,29-30H2,1-6H3,(H,67,77)(H,68,78)(H2,79,80,81)(H2,82,83,84)/t31-,32-,45-,46-,47+,48+,51+,52+/m1/s1. The number of anilines is 2. The minimum atomic E-state index is -5.27. The molecule has 4 saturated heterocycles. The zero-order chi connectivity index (χ0) is 66.2. The van der Waals surface area contributed by atoms with E-state index < -0.39 is 131 Å². The maximum atomic E-state index is 17.6. The summed E-state index contributed by atoms with van der Waals surface area (Å²) in [6, 6.07) is 5.95. The van der Waals surface area contributed by atoms with Gasteiger partial charge >= 0.3 is 27.8 Å². The number of amides is 4. The second-order valence-electron chi connectivity index (χ2n) is 23.1. The first-order valence-electron chi connectivity index (χ1n) is 29.6. The number of piperidine rings is 1. The van der Waals surface area contributed by atoms with Gasteiger partial charge in [-0.3, -0.25) is 18.6 Å². The maximum absolute atomic E-state index is 17.6. The first-order valence-corrected chi connectivity index (χ1v) is 32.7. The van der Waals surface area contributed by atoms with Crippen molar-refractivity contribution >= 4 is 73.1 Å². The Morgan fingerprint density at radius 3 is 1.48 bits per heavy atom. The van der Waals surface area contributed by atoms with Crippen LogP contribution in [0.15, 0.2) is 60.7 Å². The van der Waals surface area contributed by atoms with Crippen molar-refractivity contribution in [3.63, 3.8) is 0 Å². The SMILES string of the molecule is COC(=O)N[C@H](C(=O)N1CCC[C@H]1c1nc2cc([C@H]3CC[C@H](c4cc5c(cc4F)nc([C@@H]4CCCN4C(=O)[C@@H](NC(=O)OC)[C@@H](C)OC)n5COP(=O)(O)O)N3c3cc(F)c(N4CCC(c5ccc(F)cc5)CC4)c(F)c3)c(F)cc2n1COP(=O)(O)O)[C@@H](C)OC. The van der Waals surface area contributed by atoms with Crippen LogP contribution in [0.4, 0.5) is 42.9 Å². The van der Waals surface area contributed by atoms with Crippen LogP contribution in [-0.4, -0.2) is 151 Å². The van der Waals surface area contributed by atoms with Gasteiger partial charge in [0.15, 0.2) is 11.6 Å². The Bertz CT molecular complexity index is 3830. The summed E-state index contributed by atoms with van der Waals surface area (Å²) in [5.74, 6) is -5.59. The summed E-state index contributed by atoms with van der Waals surface area (Å²) in [5, 5.41) is 4.98. The lowest BCUT2D eigenvalue weighted by atomic mass is 9.89. The molecule has 0 bridgehead atoms. The van der Waals surface area contributed by atoms with Crippen molar-refractivity contribution in [1.29, 1.82) is 0 Å². The molecule has 8 atom stereocenters. The molecule has 0 saturated carbocycles. The summed E-state index contributed by atoms with van der Waals surface area (Å²) in [4.78, 5) is 109. The van der Waals surface area contributed by atoms with Gasteiger partial charge in [-0.1, -0.05) is 12.1 Å². The van der Waals surface area contributed by atoms with E-state index in [1.54, 1.807) is 30.9 Å². The van der Waals surface area contributed by atoms with Gasteiger partial charge in [0, 0.05) is 69.3 Å². The third-order valence-electron chi connectivity index (χ3n) is 17.9. The number of halogens is 5. The first-order chi connectivity index (χ1) is 43.7. The van der Waals surface area contributed by atoms with E-state index in [0.29, 0.717) is 25.7 Å². The van der Waals surface area contributed by atoms with Crippen LogP contribution in [-0.2, 0) is 60.2 Å². The van der Waals surface area contributed by atoms with Crippen LogP contribution in [0.2, 0.25) is 0 Å². The fourth-order valence-corrected chi connectivity index (χ4v) is 13.8. The number of benzene rings is 4. The zero-order valence-corrected chi connectivity index (χ0v) is 52.7. The number of alkyl carbamates (subject to hydrolysis) is 2. The summed E-state index contributed by atoms with van der Waals surface area (Å²) in [6.45, 7) is 1.96. The molecule has 498 valence electrons. The molecule has 4 aromatic carbocycles. The lowest BCUT2D eigenvalue weighted by Gasteiger charge is -2.36. The van der Waals surface area contributed by atoms with Crippen molar-refractivity contribution in [3.8, 4) is 0 Å². The first kappa shape index (κ1) is 67.6. The third-order valence-corrected chi connectivity index (χ3v) is 18.8. The minimum absolute atomic E-state index is 0.00158. The number of methoxy groups -OCH3 is 4. The number of carbonyl (C=O) groups excluding carboxylic acids is 4. The van der Waals surface area contributed by atoms with Crippen molar-refractivity contribution in [2.45, 2.75) is 133 Å². The molecule has 92 heavy (non-hydrogen) atoms. The predicted molar refractivity (Wildman–Crippen MR) is 319 cm³/mol. The molecule has 6 aromatic rings. The molecular formula is C59H71F5N10O16P2. The summed E-state index contributed by atoms with van der Waals surface area (Å²) >= 11 is 0. The van der Waals surface area contributed by atoms with E-state index in [-0.39, 0.29) is 114 Å². The largest absolute Gasteiger partial charge is 0.471 e. The summed E-state index contributed by atoms with van der Waals surface area (Å²) in [5.41, 5.74) is -0.0154. The van der Waals surface area contributed by atoms with Crippen LogP contribution >= 0.6 is 15.6 Å². The number of phosphoric acid groups is 2. The van der Waals surface area contributed by atoms with Gasteiger partial charge in [0.05, 0.1) is 72.7 Å². The van der Waals surface area contributed by atoms with Gasteiger partial charge in [0.2, 0.25) is 11.8 Å². The van der Waals surface area contributed by atoms with Gasteiger partial charge in [-0.25, -0.2) is 50.6 Å². The van der Waals surface area contributed by atoms with Crippen LogP contribution in [0.25, 0.3) is 22.1 Å². The van der Waals surface area contributed by atoms with Gasteiger partial charge in [0.25, 0.3) is 0 Å². The Labute approximate surface area is 524 Å². The number of ether oxygens (including phenoxy) is 4. The lowest BCUT2D eigenvalue weighted by Crippen LogP contribution is -2.54. The number of phosphoric ester groups is 2. The molecular weight excluding hydrogens is 1260 g/mol. The highest BCUT2D eigenvalue weighted by Gasteiger charge is 2.45. The third kappa shape index (κ3) is 14.1. The van der Waals surface area contributed by atoms with E-state index in [9.17, 15) is 52.3 Å². The molecule has 33 heteroatoms. The van der Waals surface area contributed by atoms with E-state index >= 15 is 17.6 Å². The normalized spacial score (nSPS) is 20.5. The van der Waals surface area contributed by atoms with E-state index in [4.69, 9.17) is 38.0 Å². The topological polar surface area (TPSA) is 311 Å². The summed E-state index contributed by atoms with van der Waals surface area (Å²) in [7, 11) is -5.62. The molecule has 4 amide bonds. The number of nitrogens with zero attached hydrogens (tertiary/aromatic N) is 8. The smallest absolute Gasteiger partial charge is 0.453 e. The van der Waals surface area contributed by atoms with E-state index in [2.05, 4.69) is 10.6 Å². The number of hydrogen-bond donors (Lipinski definition) is 6.